The number of nitrogens with zero attached hydrogens (tertiary/aromatic N) is 2. The van der Waals surface area contributed by atoms with Crippen molar-refractivity contribution < 1.29 is 14.7 Å². The van der Waals surface area contributed by atoms with Crippen molar-refractivity contribution in [3.8, 4) is 0 Å². The SMILES string of the molecule is CC(C)C1CCN(C(=O)Cn2cccc2C(=O)O)CC1. The maximum Gasteiger partial charge on any atom is 0.352 e. The Morgan fingerprint density at radius 3 is 2.55 bits per heavy atom. The summed E-state index contributed by atoms with van der Waals surface area (Å²) in [6.07, 6.45) is 3.73. The van der Waals surface area contributed by atoms with Crippen molar-refractivity contribution in [3.05, 3.63) is 24.0 Å². The molecular formula is C15H22N2O3. The molecule has 0 aromatic carbocycles. The van der Waals surface area contributed by atoms with E-state index in [-0.39, 0.29) is 18.1 Å². The maximum absolute atomic E-state index is 12.2. The normalized spacial score (nSPS) is 16.6. The molecule has 1 aliphatic heterocycles. The van der Waals surface area contributed by atoms with Crippen LogP contribution < -0.4 is 0 Å². The summed E-state index contributed by atoms with van der Waals surface area (Å²) in [5.41, 5.74) is 0.162. The van der Waals surface area contributed by atoms with E-state index in [9.17, 15) is 9.59 Å². The Morgan fingerprint density at radius 2 is 2.00 bits per heavy atom. The van der Waals surface area contributed by atoms with Crippen LogP contribution in [0, 0.1) is 11.8 Å². The van der Waals surface area contributed by atoms with Gasteiger partial charge in [-0.15, -0.1) is 0 Å². The highest BCUT2D eigenvalue weighted by Crippen LogP contribution is 2.24. The van der Waals surface area contributed by atoms with Crippen molar-refractivity contribution in [1.82, 2.24) is 9.47 Å². The lowest BCUT2D eigenvalue weighted by Gasteiger charge is -2.34. The molecule has 0 radical (unpaired) electrons. The third-order valence-corrected chi connectivity index (χ3v) is 4.19. The molecule has 0 atom stereocenters. The van der Waals surface area contributed by atoms with E-state index >= 15 is 0 Å². The van der Waals surface area contributed by atoms with Crippen LogP contribution in [0.1, 0.15) is 37.2 Å². The van der Waals surface area contributed by atoms with Gasteiger partial charge in [-0.1, -0.05) is 13.8 Å². The minimum atomic E-state index is -0.999. The van der Waals surface area contributed by atoms with Crippen LogP contribution in [-0.2, 0) is 11.3 Å². The zero-order valence-corrected chi connectivity index (χ0v) is 12.1. The summed E-state index contributed by atoms with van der Waals surface area (Å²) in [5, 5.41) is 9.03. The van der Waals surface area contributed by atoms with Gasteiger partial charge in [0.2, 0.25) is 5.91 Å². The van der Waals surface area contributed by atoms with Crippen LogP contribution in [0.3, 0.4) is 0 Å². The van der Waals surface area contributed by atoms with Gasteiger partial charge in [0.1, 0.15) is 12.2 Å². The number of aromatic carboxylic acids is 1. The van der Waals surface area contributed by atoms with Gasteiger partial charge in [0.25, 0.3) is 0 Å². The summed E-state index contributed by atoms with van der Waals surface area (Å²) in [4.78, 5) is 25.1. The molecule has 0 spiro atoms. The number of rotatable bonds is 4. The van der Waals surface area contributed by atoms with Gasteiger partial charge in [0.15, 0.2) is 0 Å². The highest BCUT2D eigenvalue weighted by molar-refractivity contribution is 5.86. The van der Waals surface area contributed by atoms with E-state index in [0.29, 0.717) is 11.8 Å². The van der Waals surface area contributed by atoms with E-state index in [4.69, 9.17) is 5.11 Å². The zero-order chi connectivity index (χ0) is 14.7. The second kappa shape index (κ2) is 6.11. The van der Waals surface area contributed by atoms with E-state index in [1.54, 1.807) is 12.3 Å². The minimum absolute atomic E-state index is 0.00547. The molecule has 5 nitrogen and oxygen atoms in total. The smallest absolute Gasteiger partial charge is 0.352 e. The van der Waals surface area contributed by atoms with Crippen LogP contribution in [0.25, 0.3) is 0 Å². The second-order valence-electron chi connectivity index (χ2n) is 5.79. The molecule has 2 rings (SSSR count). The first-order valence-corrected chi connectivity index (χ1v) is 7.15. The third kappa shape index (κ3) is 3.21. The summed E-state index contributed by atoms with van der Waals surface area (Å²) in [6, 6.07) is 3.17. The Balaban J connectivity index is 1.93. The van der Waals surface area contributed by atoms with Gasteiger partial charge in [-0.3, -0.25) is 4.79 Å². The molecule has 1 fully saturated rings. The van der Waals surface area contributed by atoms with Crippen molar-refractivity contribution in [2.75, 3.05) is 13.1 Å². The van der Waals surface area contributed by atoms with Crippen molar-refractivity contribution in [1.29, 1.82) is 0 Å². The largest absolute Gasteiger partial charge is 0.477 e. The Labute approximate surface area is 119 Å². The molecule has 1 aromatic heterocycles. The summed E-state index contributed by atoms with van der Waals surface area (Å²) in [6.45, 7) is 6.12. The van der Waals surface area contributed by atoms with Crippen LogP contribution in [-0.4, -0.2) is 39.5 Å². The Bertz CT molecular complexity index is 485. The van der Waals surface area contributed by atoms with Gasteiger partial charge in [-0.05, 0) is 36.8 Å². The van der Waals surface area contributed by atoms with Crippen LogP contribution in [0.15, 0.2) is 18.3 Å². The fraction of sp³-hybridized carbons (Fsp3) is 0.600. The number of carbonyl (C=O) groups is 2. The topological polar surface area (TPSA) is 62.5 Å². The molecule has 110 valence electrons. The average molecular weight is 278 g/mol. The molecule has 0 saturated carbocycles. The number of carbonyl (C=O) groups excluding carboxylic acids is 1. The van der Waals surface area contributed by atoms with Gasteiger partial charge >= 0.3 is 5.97 Å². The van der Waals surface area contributed by atoms with Crippen LogP contribution >= 0.6 is 0 Å². The standard InChI is InChI=1S/C15H22N2O3/c1-11(2)12-5-8-16(9-6-12)14(18)10-17-7-3-4-13(17)15(19)20/h3-4,7,11-12H,5-6,8-10H2,1-2H3,(H,19,20). The number of aromatic nitrogens is 1. The second-order valence-corrected chi connectivity index (χ2v) is 5.79. The van der Waals surface area contributed by atoms with Crippen molar-refractivity contribution in [2.45, 2.75) is 33.2 Å². The zero-order valence-electron chi connectivity index (χ0n) is 12.1. The molecule has 1 amide bonds. The summed E-state index contributed by atoms with van der Waals surface area (Å²) in [5.74, 6) is 0.364. The third-order valence-electron chi connectivity index (χ3n) is 4.19. The predicted octanol–water partition coefficient (Wildman–Crippen LogP) is 2.08. The van der Waals surface area contributed by atoms with Gasteiger partial charge in [-0.25, -0.2) is 4.79 Å². The monoisotopic (exact) mass is 278 g/mol. The number of carboxylic acids is 1. The molecule has 0 unspecified atom stereocenters. The van der Waals surface area contributed by atoms with E-state index in [1.165, 1.54) is 10.6 Å². The molecule has 1 aromatic rings. The predicted molar refractivity (Wildman–Crippen MR) is 75.5 cm³/mol. The molecule has 1 N–H and O–H groups in total. The van der Waals surface area contributed by atoms with Gasteiger partial charge in [-0.2, -0.15) is 0 Å². The Hall–Kier alpha value is -1.78. The summed E-state index contributed by atoms with van der Waals surface area (Å²) in [7, 11) is 0. The lowest BCUT2D eigenvalue weighted by Crippen LogP contribution is -2.41. The number of amides is 1. The maximum atomic E-state index is 12.2. The number of hydrogen-bond acceptors (Lipinski definition) is 2. The van der Waals surface area contributed by atoms with Crippen LogP contribution in [0.4, 0.5) is 0 Å². The summed E-state index contributed by atoms with van der Waals surface area (Å²) >= 11 is 0. The fourth-order valence-corrected chi connectivity index (χ4v) is 2.81. The first-order valence-electron chi connectivity index (χ1n) is 7.15. The highest BCUT2D eigenvalue weighted by atomic mass is 16.4. The molecule has 0 bridgehead atoms. The van der Waals surface area contributed by atoms with E-state index in [1.807, 2.05) is 4.90 Å². The van der Waals surface area contributed by atoms with Gasteiger partial charge < -0.3 is 14.6 Å². The van der Waals surface area contributed by atoms with E-state index in [0.717, 1.165) is 25.9 Å². The molecule has 20 heavy (non-hydrogen) atoms. The molecule has 2 heterocycles. The lowest BCUT2D eigenvalue weighted by atomic mass is 9.87. The number of carboxylic acid groups (broad SMARTS) is 1. The fourth-order valence-electron chi connectivity index (χ4n) is 2.81. The summed E-state index contributed by atoms with van der Waals surface area (Å²) < 4.78 is 1.50. The molecular weight excluding hydrogens is 256 g/mol. The average Bonchev–Trinajstić information content (AvgIpc) is 2.87. The number of likely N-dealkylation sites (tertiary alicyclic amines) is 1. The first kappa shape index (κ1) is 14.6. The lowest BCUT2D eigenvalue weighted by molar-refractivity contribution is -0.133. The van der Waals surface area contributed by atoms with Crippen molar-refractivity contribution in [2.24, 2.45) is 11.8 Å². The van der Waals surface area contributed by atoms with Crippen LogP contribution in [0.5, 0.6) is 0 Å². The first-order chi connectivity index (χ1) is 9.49. The van der Waals surface area contributed by atoms with E-state index in [2.05, 4.69) is 13.8 Å². The van der Waals surface area contributed by atoms with Crippen molar-refractivity contribution >= 4 is 11.9 Å². The number of hydrogen-bond donors (Lipinski definition) is 1. The van der Waals surface area contributed by atoms with Crippen molar-refractivity contribution in [3.63, 3.8) is 0 Å². The van der Waals surface area contributed by atoms with Crippen LogP contribution in [0.2, 0.25) is 0 Å². The Kier molecular flexibility index (Phi) is 4.47. The highest BCUT2D eigenvalue weighted by Gasteiger charge is 2.25. The molecule has 5 heteroatoms. The minimum Gasteiger partial charge on any atom is -0.477 e. The quantitative estimate of drug-likeness (QED) is 0.917. The molecule has 1 aliphatic rings. The van der Waals surface area contributed by atoms with Gasteiger partial charge in [0.05, 0.1) is 0 Å². The Morgan fingerprint density at radius 1 is 1.35 bits per heavy atom. The number of piperidine rings is 1. The molecule has 0 aliphatic carbocycles. The van der Waals surface area contributed by atoms with Gasteiger partial charge in [0, 0.05) is 19.3 Å². The van der Waals surface area contributed by atoms with E-state index < -0.39 is 5.97 Å². The molecule has 1 saturated heterocycles.